The fraction of sp³-hybridized carbons (Fsp3) is 0.529. The topological polar surface area (TPSA) is 339 Å². The number of carboxylic acids is 2. The molecule has 2 fully saturated rings. The van der Waals surface area contributed by atoms with Crippen LogP contribution in [0.3, 0.4) is 0 Å². The Balaban J connectivity index is 2.07. The lowest BCUT2D eigenvalue weighted by Gasteiger charge is -2.33. The molecule has 2 saturated heterocycles. The summed E-state index contributed by atoms with van der Waals surface area (Å²) in [6.45, 7) is 3.91. The summed E-state index contributed by atoms with van der Waals surface area (Å²) >= 11 is 1.20. The van der Waals surface area contributed by atoms with E-state index in [2.05, 4.69) is 31.9 Å². The van der Waals surface area contributed by atoms with Crippen molar-refractivity contribution in [3.63, 3.8) is 0 Å². The molecule has 0 aromatic heterocycles. The minimum Gasteiger partial charge on any atom is -0.481 e. The Morgan fingerprint density at radius 3 is 2.03 bits per heavy atom. The largest absolute Gasteiger partial charge is 0.481 e. The minimum absolute atomic E-state index is 0.0801. The normalized spacial score (nSPS) is 25.5. The van der Waals surface area contributed by atoms with Crippen molar-refractivity contribution in [3.8, 4) is 0 Å². The quantitative estimate of drug-likeness (QED) is 0.109. The predicted molar refractivity (Wildman–Crippen MR) is 212 cm³/mol. The third kappa shape index (κ3) is 14.1. The molecule has 0 radical (unpaired) electrons. The highest BCUT2D eigenvalue weighted by atomic mass is 33.1. The number of aliphatic carboxylic acids is 2. The monoisotopic (exact) mass is 869 g/mol. The zero-order chi connectivity index (χ0) is 43.3. The summed E-state index contributed by atoms with van der Waals surface area (Å²) in [4.78, 5) is 131. The van der Waals surface area contributed by atoms with Crippen LogP contribution < -0.4 is 43.4 Å². The summed E-state index contributed by atoms with van der Waals surface area (Å²) in [5, 5.41) is 33.5. The van der Waals surface area contributed by atoms with E-state index in [-0.39, 0.29) is 30.3 Å². The Morgan fingerprint density at radius 1 is 0.828 bits per heavy atom. The smallest absolute Gasteiger partial charge is 0.327 e. The summed E-state index contributed by atoms with van der Waals surface area (Å²) in [6, 6.07) is -2.24. The van der Waals surface area contributed by atoms with E-state index in [9.17, 15) is 58.2 Å². The second kappa shape index (κ2) is 21.6. The fourth-order valence-electron chi connectivity index (χ4n) is 5.82. The highest BCUT2D eigenvalue weighted by Gasteiger charge is 2.50. The highest BCUT2D eigenvalue weighted by molar-refractivity contribution is 8.76. The van der Waals surface area contributed by atoms with Crippen LogP contribution in [0.15, 0.2) is 24.3 Å². The Morgan fingerprint density at radius 2 is 1.45 bits per heavy atom. The van der Waals surface area contributed by atoms with Crippen LogP contribution in [0, 0.1) is 0 Å². The van der Waals surface area contributed by atoms with Gasteiger partial charge in [0.05, 0.1) is 25.3 Å². The van der Waals surface area contributed by atoms with Gasteiger partial charge in [0.15, 0.2) is 0 Å². The average Bonchev–Trinajstić information content (AvgIpc) is 3.46. The number of nitrogens with two attached hydrogens (primary N) is 2. The van der Waals surface area contributed by atoms with Crippen molar-refractivity contribution in [2.45, 2.75) is 87.6 Å². The minimum atomic E-state index is -1.77. The molecule has 1 aromatic carbocycles. The molecular weight excluding hydrogens is 823 g/mol. The molecule has 1 unspecified atom stereocenters. The van der Waals surface area contributed by atoms with Gasteiger partial charge < -0.3 is 58.5 Å². The first-order valence-corrected chi connectivity index (χ1v) is 21.1. The van der Waals surface area contributed by atoms with E-state index in [4.69, 9.17) is 11.5 Å². The molecule has 24 heteroatoms. The number of thioether (sulfide) groups is 1. The van der Waals surface area contributed by atoms with Crippen molar-refractivity contribution in [2.24, 2.45) is 11.5 Å². The highest BCUT2D eigenvalue weighted by Crippen LogP contribution is 2.40. The van der Waals surface area contributed by atoms with Crippen molar-refractivity contribution >= 4 is 92.5 Å². The molecule has 3 rings (SSSR count). The Bertz CT molecular complexity index is 1770. The number of hydrogen-bond donors (Lipinski definition) is 10. The number of nitrogens with one attached hydrogen (secondary N) is 6. The maximum absolute atomic E-state index is 14.2. The Hall–Kier alpha value is -5.07. The number of primary amides is 1. The van der Waals surface area contributed by atoms with Gasteiger partial charge in [-0.05, 0) is 25.0 Å². The third-order valence-corrected chi connectivity index (χ3v) is 12.5. The van der Waals surface area contributed by atoms with Crippen LogP contribution in [0.4, 0.5) is 0 Å². The van der Waals surface area contributed by atoms with Crippen LogP contribution in [-0.2, 0) is 60.9 Å². The van der Waals surface area contributed by atoms with E-state index in [1.807, 2.05) is 0 Å². The maximum Gasteiger partial charge on any atom is 0.327 e. The van der Waals surface area contributed by atoms with E-state index in [1.54, 1.807) is 38.1 Å². The van der Waals surface area contributed by atoms with Gasteiger partial charge in [-0.25, -0.2) is 4.79 Å². The van der Waals surface area contributed by atoms with Crippen molar-refractivity contribution in [2.75, 3.05) is 23.9 Å². The molecule has 6 atom stereocenters. The number of carbonyl (C=O) groups is 10. The number of amides is 8. The Kier molecular flexibility index (Phi) is 17.6. The van der Waals surface area contributed by atoms with Crippen molar-refractivity contribution in [1.82, 2.24) is 36.8 Å². The van der Waals surface area contributed by atoms with Crippen LogP contribution in [-0.4, -0.2) is 139 Å². The van der Waals surface area contributed by atoms with Gasteiger partial charge in [0.25, 0.3) is 0 Å². The molecule has 0 bridgehead atoms. The molecule has 8 amide bonds. The predicted octanol–water partition coefficient (Wildman–Crippen LogP) is -3.24. The van der Waals surface area contributed by atoms with Gasteiger partial charge in [-0.3, -0.25) is 43.2 Å². The van der Waals surface area contributed by atoms with Crippen molar-refractivity contribution in [1.29, 1.82) is 0 Å². The number of fused-ring (bicyclic) bond motifs is 1. The molecule has 318 valence electrons. The van der Waals surface area contributed by atoms with Gasteiger partial charge in [0.1, 0.15) is 36.3 Å². The molecule has 0 aliphatic carbocycles. The first-order chi connectivity index (χ1) is 27.2. The summed E-state index contributed by atoms with van der Waals surface area (Å²) in [7, 11) is 1.77. The van der Waals surface area contributed by atoms with Crippen LogP contribution >= 0.6 is 33.3 Å². The standard InChI is InChI=1S/C34H47N9O12S3/c1-16(44)38-22-13-57-58-14-23(33(54)55)42-29(50)20(10-26(47)48)39-25(46)12-37-28(49)19(8-17-4-6-18(11-35)7-5-17)40-31(52)27-34(2,3)56-15-43(27)32(53)21(9-24(36)45)41-30(22)51/h4-7,19-23,27H,8-15,35H2,1-3H3,(H2,36,45)(H,37,49)(H,38,44)(H,39,46)(H,40,52)(H,41,51)(H,42,50)(H,47,48)(H,54,55)/t19?,20-,21-,22+,23+,27-/m0/s1. The zero-order valence-corrected chi connectivity index (χ0v) is 34.2. The van der Waals surface area contributed by atoms with Gasteiger partial charge in [0.2, 0.25) is 47.3 Å². The molecule has 0 spiro atoms. The summed E-state index contributed by atoms with van der Waals surface area (Å²) < 4.78 is -0.989. The van der Waals surface area contributed by atoms with Crippen molar-refractivity contribution in [3.05, 3.63) is 35.4 Å². The summed E-state index contributed by atoms with van der Waals surface area (Å²) in [6.07, 6.45) is -1.77. The van der Waals surface area contributed by atoms with Crippen LogP contribution in [0.2, 0.25) is 0 Å². The lowest BCUT2D eigenvalue weighted by atomic mass is 9.98. The number of carboxylic acid groups (broad SMARTS) is 2. The number of hydrogen-bond acceptors (Lipinski definition) is 14. The Labute approximate surface area is 344 Å². The lowest BCUT2D eigenvalue weighted by molar-refractivity contribution is -0.144. The third-order valence-electron chi connectivity index (χ3n) is 8.74. The molecule has 1 aromatic rings. The maximum atomic E-state index is 14.2. The number of carbonyl (C=O) groups excluding carboxylic acids is 8. The van der Waals surface area contributed by atoms with Gasteiger partial charge in [-0.15, -0.1) is 11.8 Å². The second-order valence-corrected chi connectivity index (χ2v) is 17.9. The molecule has 2 aliphatic rings. The lowest BCUT2D eigenvalue weighted by Crippen LogP contribution is -2.61. The molecular formula is C34H47N9O12S3. The van der Waals surface area contributed by atoms with E-state index in [0.29, 0.717) is 5.56 Å². The molecule has 2 heterocycles. The van der Waals surface area contributed by atoms with Crippen LogP contribution in [0.5, 0.6) is 0 Å². The SMILES string of the molecule is CC(=O)N[C@@H]1CSSC[C@H](C(=O)O)NC(=O)[C@H](CC(=O)O)NC(=O)CNC(=O)C(Cc2ccc(CN)cc2)NC(=O)[C@@H]2N(CSC2(C)C)C(=O)[C@H](CC(N)=O)NC1=O. The first kappa shape index (κ1) is 47.3. The zero-order valence-electron chi connectivity index (χ0n) is 31.7. The second-order valence-electron chi connectivity index (χ2n) is 13.8. The number of nitrogens with zero attached hydrogens (tertiary/aromatic N) is 1. The summed E-state index contributed by atoms with van der Waals surface area (Å²) in [5.41, 5.74) is 12.5. The van der Waals surface area contributed by atoms with E-state index in [0.717, 1.165) is 39.0 Å². The van der Waals surface area contributed by atoms with E-state index >= 15 is 0 Å². The fourth-order valence-corrected chi connectivity index (χ4v) is 9.28. The molecule has 21 nitrogen and oxygen atoms in total. The summed E-state index contributed by atoms with van der Waals surface area (Å²) in [5.74, 6) is -10.9. The molecule has 58 heavy (non-hydrogen) atoms. The van der Waals surface area contributed by atoms with E-state index in [1.165, 1.54) is 11.8 Å². The molecule has 0 saturated carbocycles. The van der Waals surface area contributed by atoms with Crippen molar-refractivity contribution < 1.29 is 58.2 Å². The molecule has 12 N–H and O–H groups in total. The van der Waals surface area contributed by atoms with Gasteiger partial charge in [-0.1, -0.05) is 45.9 Å². The first-order valence-electron chi connectivity index (χ1n) is 17.7. The average molecular weight is 870 g/mol. The van der Waals surface area contributed by atoms with Gasteiger partial charge >= 0.3 is 11.9 Å². The van der Waals surface area contributed by atoms with Gasteiger partial charge in [-0.2, -0.15) is 0 Å². The van der Waals surface area contributed by atoms with E-state index < -0.39 is 120 Å². The van der Waals surface area contributed by atoms with Crippen LogP contribution in [0.25, 0.3) is 0 Å². The molecule has 2 aliphatic heterocycles. The number of benzene rings is 1. The van der Waals surface area contributed by atoms with Crippen LogP contribution in [0.1, 0.15) is 44.7 Å². The van der Waals surface area contributed by atoms with Gasteiger partial charge in [0, 0.05) is 36.1 Å². The number of rotatable bonds is 9.